The molecule has 0 aliphatic heterocycles. The number of nitrogens with one attached hydrogen (secondary N) is 1. The zero-order valence-electron chi connectivity index (χ0n) is 14.9. The van der Waals surface area contributed by atoms with E-state index < -0.39 is 0 Å². The number of rotatable bonds is 12. The molecule has 2 rings (SSSR count). The Morgan fingerprint density at radius 1 is 1.31 bits per heavy atom. The van der Waals surface area contributed by atoms with Crippen molar-refractivity contribution >= 4 is 42.4 Å². The minimum atomic E-state index is 0.192. The lowest BCUT2D eigenvalue weighted by Crippen LogP contribution is -2.27. The monoisotopic (exact) mass is 394 g/mol. The standard InChI is InChI=1S/C17H23BCl2N5O/c1-13-2-3-15(25(8-6-19)9-7-20)11-16(13)14(4-5-18-12-26)10-17-21-23-24-22-17/h2-3,11-12,14H,4-10H2,1H3,(H,21,22,23,24). The van der Waals surface area contributed by atoms with E-state index in [-0.39, 0.29) is 5.92 Å². The van der Waals surface area contributed by atoms with E-state index in [1.54, 1.807) is 7.28 Å². The number of aromatic amines is 1. The number of hydrogen-bond acceptors (Lipinski definition) is 5. The van der Waals surface area contributed by atoms with Gasteiger partial charge in [0.15, 0.2) is 13.1 Å². The number of H-pyrrole nitrogens is 1. The number of anilines is 1. The third-order valence-corrected chi connectivity index (χ3v) is 4.71. The smallest absolute Gasteiger partial charge is 0.197 e. The van der Waals surface area contributed by atoms with E-state index in [1.807, 2.05) is 0 Å². The van der Waals surface area contributed by atoms with Gasteiger partial charge in [-0.15, -0.1) is 33.4 Å². The van der Waals surface area contributed by atoms with Gasteiger partial charge in [0.2, 0.25) is 0 Å². The first-order valence-electron chi connectivity index (χ1n) is 8.66. The van der Waals surface area contributed by atoms with Gasteiger partial charge in [0.05, 0.1) is 6.19 Å². The van der Waals surface area contributed by atoms with Crippen LogP contribution < -0.4 is 4.90 Å². The minimum absolute atomic E-state index is 0.192. The van der Waals surface area contributed by atoms with Crippen molar-refractivity contribution < 1.29 is 4.79 Å². The summed E-state index contributed by atoms with van der Waals surface area (Å²) >= 11 is 11.9. The highest BCUT2D eigenvalue weighted by Crippen LogP contribution is 2.31. The van der Waals surface area contributed by atoms with Gasteiger partial charge < -0.3 is 9.69 Å². The Kier molecular flexibility index (Phi) is 8.91. The lowest BCUT2D eigenvalue weighted by molar-refractivity contribution is 0.567. The summed E-state index contributed by atoms with van der Waals surface area (Å²) in [5, 5.41) is 14.3. The van der Waals surface area contributed by atoms with Gasteiger partial charge in [-0.1, -0.05) is 24.0 Å². The maximum Gasteiger partial charge on any atom is 0.197 e. The van der Waals surface area contributed by atoms with Crippen LogP contribution in [0.15, 0.2) is 18.2 Å². The second kappa shape index (κ2) is 11.2. The van der Waals surface area contributed by atoms with Crippen LogP contribution >= 0.6 is 23.2 Å². The van der Waals surface area contributed by atoms with Gasteiger partial charge in [-0.25, -0.2) is 0 Å². The zero-order chi connectivity index (χ0) is 18.8. The molecule has 1 N–H and O–H groups in total. The molecule has 6 nitrogen and oxygen atoms in total. The van der Waals surface area contributed by atoms with Gasteiger partial charge in [0, 0.05) is 37.0 Å². The van der Waals surface area contributed by atoms with Crippen molar-refractivity contribution in [3.8, 4) is 0 Å². The van der Waals surface area contributed by atoms with Crippen LogP contribution in [0.2, 0.25) is 6.32 Å². The molecule has 1 atom stereocenters. The molecule has 0 amide bonds. The number of carbonyl (C=O) groups is 1. The van der Waals surface area contributed by atoms with Crippen LogP contribution in [0.4, 0.5) is 5.69 Å². The number of benzene rings is 1. The average molecular weight is 395 g/mol. The molecule has 0 saturated carbocycles. The number of aromatic nitrogens is 4. The number of alkyl halides is 2. The Morgan fingerprint density at radius 3 is 2.69 bits per heavy atom. The molecule has 0 bridgehead atoms. The van der Waals surface area contributed by atoms with E-state index >= 15 is 0 Å². The predicted octanol–water partition coefficient (Wildman–Crippen LogP) is 2.82. The largest absolute Gasteiger partial charge is 0.369 e. The summed E-state index contributed by atoms with van der Waals surface area (Å²) in [6, 6.07) is 6.41. The van der Waals surface area contributed by atoms with E-state index in [1.165, 1.54) is 11.1 Å². The Balaban J connectivity index is 2.28. The van der Waals surface area contributed by atoms with Crippen LogP contribution in [-0.4, -0.2) is 58.9 Å². The van der Waals surface area contributed by atoms with E-state index in [0.717, 1.165) is 31.4 Å². The summed E-state index contributed by atoms with van der Waals surface area (Å²) < 4.78 is 0. The van der Waals surface area contributed by atoms with Crippen molar-refractivity contribution in [1.29, 1.82) is 0 Å². The summed E-state index contributed by atoms with van der Waals surface area (Å²) in [7, 11) is 1.65. The minimum Gasteiger partial charge on any atom is -0.369 e. The fourth-order valence-corrected chi connectivity index (χ4v) is 3.47. The third-order valence-electron chi connectivity index (χ3n) is 4.37. The fourth-order valence-electron chi connectivity index (χ4n) is 3.06. The van der Waals surface area contributed by atoms with Gasteiger partial charge >= 0.3 is 0 Å². The highest BCUT2D eigenvalue weighted by molar-refractivity contribution is 6.66. The van der Waals surface area contributed by atoms with Crippen LogP contribution in [0, 0.1) is 6.92 Å². The third kappa shape index (κ3) is 5.99. The fraction of sp³-hybridized carbons (Fsp3) is 0.529. The molecule has 0 aliphatic carbocycles. The van der Waals surface area contributed by atoms with Crippen LogP contribution in [0.3, 0.4) is 0 Å². The average Bonchev–Trinajstić information content (AvgIpc) is 3.15. The second-order valence-electron chi connectivity index (χ2n) is 6.08. The molecule has 1 radical (unpaired) electrons. The zero-order valence-corrected chi connectivity index (χ0v) is 16.4. The van der Waals surface area contributed by atoms with E-state index in [4.69, 9.17) is 23.2 Å². The highest BCUT2D eigenvalue weighted by atomic mass is 35.5. The lowest BCUT2D eigenvalue weighted by Gasteiger charge is -2.26. The lowest BCUT2D eigenvalue weighted by atomic mass is 9.72. The summed E-state index contributed by atoms with van der Waals surface area (Å²) in [6.45, 7) is 3.58. The molecule has 1 heterocycles. The van der Waals surface area contributed by atoms with E-state index in [9.17, 15) is 4.79 Å². The first-order valence-corrected chi connectivity index (χ1v) is 9.73. The Bertz CT molecular complexity index is 665. The van der Waals surface area contributed by atoms with E-state index in [0.29, 0.717) is 30.3 Å². The number of tetrazole rings is 1. The van der Waals surface area contributed by atoms with Crippen molar-refractivity contribution in [2.45, 2.75) is 32.0 Å². The van der Waals surface area contributed by atoms with Crippen LogP contribution in [0.5, 0.6) is 0 Å². The predicted molar refractivity (Wildman–Crippen MR) is 107 cm³/mol. The topological polar surface area (TPSA) is 74.8 Å². The summed E-state index contributed by atoms with van der Waals surface area (Å²) in [5.74, 6) is 1.95. The number of aryl methyl sites for hydroxylation is 1. The normalized spacial score (nSPS) is 12.0. The van der Waals surface area contributed by atoms with Crippen molar-refractivity contribution in [2.24, 2.45) is 0 Å². The number of halogens is 2. The molecular weight excluding hydrogens is 372 g/mol. The van der Waals surface area contributed by atoms with E-state index in [2.05, 4.69) is 50.6 Å². The molecule has 0 saturated heterocycles. The molecule has 139 valence electrons. The molecule has 0 aliphatic rings. The van der Waals surface area contributed by atoms with Crippen molar-refractivity contribution in [3.05, 3.63) is 35.2 Å². The molecular formula is C17H23BCl2N5O. The number of carbonyl (C=O) groups excluding carboxylic acids is 1. The number of nitrogens with zero attached hydrogens (tertiary/aromatic N) is 4. The van der Waals surface area contributed by atoms with Crippen LogP contribution in [-0.2, 0) is 11.2 Å². The van der Waals surface area contributed by atoms with Crippen molar-refractivity contribution in [2.75, 3.05) is 29.7 Å². The molecule has 0 fully saturated rings. The first-order chi connectivity index (χ1) is 12.7. The summed E-state index contributed by atoms with van der Waals surface area (Å²) in [5.41, 5.74) is 3.52. The van der Waals surface area contributed by atoms with Crippen LogP contribution in [0.25, 0.3) is 0 Å². The molecule has 2 aromatic rings. The molecule has 1 unspecified atom stereocenters. The Hall–Kier alpha value is -1.60. The number of hydrogen-bond donors (Lipinski definition) is 1. The second-order valence-corrected chi connectivity index (χ2v) is 6.84. The van der Waals surface area contributed by atoms with Gasteiger partial charge in [0.25, 0.3) is 0 Å². The van der Waals surface area contributed by atoms with Gasteiger partial charge in [-0.05, 0) is 36.1 Å². The molecule has 1 aromatic carbocycles. The Morgan fingerprint density at radius 2 is 2.08 bits per heavy atom. The maximum absolute atomic E-state index is 10.7. The SMILES string of the molecule is Cc1ccc(N(CCCl)CCCl)cc1C(CC[B]C=O)Cc1nn[nH]n1. The molecule has 0 spiro atoms. The highest BCUT2D eigenvalue weighted by Gasteiger charge is 2.18. The van der Waals surface area contributed by atoms with Crippen molar-refractivity contribution in [1.82, 2.24) is 20.6 Å². The molecule has 9 heteroatoms. The molecule has 1 aromatic heterocycles. The van der Waals surface area contributed by atoms with Crippen molar-refractivity contribution in [3.63, 3.8) is 0 Å². The quantitative estimate of drug-likeness (QED) is 0.259. The van der Waals surface area contributed by atoms with Crippen LogP contribution in [0.1, 0.15) is 29.3 Å². The Labute approximate surface area is 164 Å². The maximum atomic E-state index is 10.7. The summed E-state index contributed by atoms with van der Waals surface area (Å²) in [4.78, 5) is 12.9. The van der Waals surface area contributed by atoms with Gasteiger partial charge in [-0.3, -0.25) is 0 Å². The van der Waals surface area contributed by atoms with Gasteiger partial charge in [-0.2, -0.15) is 5.21 Å². The summed E-state index contributed by atoms with van der Waals surface area (Å²) in [6.07, 6.45) is 3.06. The molecule has 26 heavy (non-hydrogen) atoms. The first kappa shape index (κ1) is 20.7. The van der Waals surface area contributed by atoms with Gasteiger partial charge in [0.1, 0.15) is 0 Å².